The van der Waals surface area contributed by atoms with Crippen molar-refractivity contribution in [3.63, 3.8) is 0 Å². The minimum Gasteiger partial charge on any atom is -0.396 e. The summed E-state index contributed by atoms with van der Waals surface area (Å²) in [5.41, 5.74) is 1.21. The lowest BCUT2D eigenvalue weighted by Gasteiger charge is -2.34. The molecule has 1 aromatic rings. The average Bonchev–Trinajstić information content (AvgIpc) is 3.40. The maximum atomic E-state index is 12.9. The first kappa shape index (κ1) is 16.9. The smallest absolute Gasteiger partial charge is 0.123 e. The summed E-state index contributed by atoms with van der Waals surface area (Å²) in [7, 11) is 0. The quantitative estimate of drug-likeness (QED) is 0.773. The van der Waals surface area contributed by atoms with Gasteiger partial charge >= 0.3 is 0 Å². The molecule has 1 aromatic carbocycles. The fourth-order valence-corrected chi connectivity index (χ4v) is 3.66. The van der Waals surface area contributed by atoms with E-state index in [1.807, 2.05) is 12.1 Å². The largest absolute Gasteiger partial charge is 0.396 e. The fraction of sp³-hybridized carbons (Fsp3) is 0.684. The van der Waals surface area contributed by atoms with Gasteiger partial charge in [-0.15, -0.1) is 0 Å². The number of nitrogens with zero attached hydrogens (tertiary/aromatic N) is 1. The molecule has 2 fully saturated rings. The Morgan fingerprint density at radius 3 is 2.43 bits per heavy atom. The van der Waals surface area contributed by atoms with Gasteiger partial charge in [-0.25, -0.2) is 4.39 Å². The molecule has 1 aliphatic heterocycles. The highest BCUT2D eigenvalue weighted by Crippen LogP contribution is 2.34. The molecule has 0 radical (unpaired) electrons. The van der Waals surface area contributed by atoms with Gasteiger partial charge in [-0.2, -0.15) is 0 Å². The van der Waals surface area contributed by atoms with Crippen molar-refractivity contribution in [3.8, 4) is 0 Å². The first-order valence-electron chi connectivity index (χ1n) is 9.08. The van der Waals surface area contributed by atoms with Gasteiger partial charge in [0.15, 0.2) is 0 Å². The molecule has 1 unspecified atom stereocenters. The summed E-state index contributed by atoms with van der Waals surface area (Å²) in [5, 5.41) is 13.0. The first-order chi connectivity index (χ1) is 11.2. The predicted molar refractivity (Wildman–Crippen MR) is 90.9 cm³/mol. The van der Waals surface area contributed by atoms with Crippen molar-refractivity contribution in [2.24, 2.45) is 5.92 Å². The van der Waals surface area contributed by atoms with Gasteiger partial charge in [0.05, 0.1) is 0 Å². The Morgan fingerprint density at radius 1 is 1.13 bits per heavy atom. The standard InChI is InChI=1S/C19H29FN2O/c20-17-5-1-15(2-6-17)7-11-22-12-8-18(9-13-22)21-19(10-14-23)16-3-4-16/h1-2,5-6,16,18-19,21,23H,3-4,7-14H2. The van der Waals surface area contributed by atoms with Crippen molar-refractivity contribution < 1.29 is 9.50 Å². The Hall–Kier alpha value is -0.970. The molecular formula is C19H29FN2O. The molecule has 3 rings (SSSR count). The Balaban J connectivity index is 1.37. The van der Waals surface area contributed by atoms with Gasteiger partial charge in [-0.05, 0) is 75.2 Å². The molecule has 0 spiro atoms. The van der Waals surface area contributed by atoms with Gasteiger partial charge in [-0.3, -0.25) is 0 Å². The van der Waals surface area contributed by atoms with Crippen LogP contribution in [0.4, 0.5) is 4.39 Å². The number of benzene rings is 1. The number of piperidine rings is 1. The Morgan fingerprint density at radius 2 is 1.83 bits per heavy atom. The lowest BCUT2D eigenvalue weighted by atomic mass is 10.0. The number of rotatable bonds is 8. The molecular weight excluding hydrogens is 291 g/mol. The van der Waals surface area contributed by atoms with Crippen LogP contribution in [0.1, 0.15) is 37.7 Å². The molecule has 23 heavy (non-hydrogen) atoms. The molecule has 4 heteroatoms. The highest BCUT2D eigenvalue weighted by Gasteiger charge is 2.32. The minimum atomic E-state index is -0.159. The van der Waals surface area contributed by atoms with E-state index in [4.69, 9.17) is 0 Å². The van der Waals surface area contributed by atoms with Crippen LogP contribution in [-0.2, 0) is 6.42 Å². The molecule has 0 bridgehead atoms. The lowest BCUT2D eigenvalue weighted by Crippen LogP contribution is -2.47. The zero-order valence-electron chi connectivity index (χ0n) is 13.9. The van der Waals surface area contributed by atoms with Crippen LogP contribution in [0, 0.1) is 11.7 Å². The molecule has 1 aliphatic carbocycles. The number of hydrogen-bond donors (Lipinski definition) is 2. The summed E-state index contributed by atoms with van der Waals surface area (Å²) in [4.78, 5) is 2.51. The predicted octanol–water partition coefficient (Wildman–Crippen LogP) is 2.58. The van der Waals surface area contributed by atoms with Gasteiger partial charge in [0.25, 0.3) is 0 Å². The number of likely N-dealkylation sites (tertiary alicyclic amines) is 1. The molecule has 3 nitrogen and oxygen atoms in total. The van der Waals surface area contributed by atoms with Crippen LogP contribution in [-0.4, -0.2) is 48.3 Å². The third kappa shape index (κ3) is 5.27. The van der Waals surface area contributed by atoms with Crippen LogP contribution in [0.25, 0.3) is 0 Å². The lowest BCUT2D eigenvalue weighted by molar-refractivity contribution is 0.180. The highest BCUT2D eigenvalue weighted by atomic mass is 19.1. The van der Waals surface area contributed by atoms with E-state index >= 15 is 0 Å². The maximum absolute atomic E-state index is 12.9. The van der Waals surface area contributed by atoms with E-state index < -0.39 is 0 Å². The van der Waals surface area contributed by atoms with Crippen LogP contribution in [0.15, 0.2) is 24.3 Å². The maximum Gasteiger partial charge on any atom is 0.123 e. The third-order valence-corrected chi connectivity index (χ3v) is 5.30. The van der Waals surface area contributed by atoms with Crippen molar-refractivity contribution in [1.29, 1.82) is 0 Å². The van der Waals surface area contributed by atoms with Crippen molar-refractivity contribution >= 4 is 0 Å². The van der Waals surface area contributed by atoms with Gasteiger partial charge in [0, 0.05) is 25.2 Å². The third-order valence-electron chi connectivity index (χ3n) is 5.30. The second-order valence-electron chi connectivity index (χ2n) is 7.12. The van der Waals surface area contributed by atoms with E-state index in [2.05, 4.69) is 10.2 Å². The van der Waals surface area contributed by atoms with Crippen molar-refractivity contribution in [2.45, 2.75) is 50.6 Å². The molecule has 2 aliphatic rings. The van der Waals surface area contributed by atoms with E-state index in [0.717, 1.165) is 38.4 Å². The number of hydrogen-bond acceptors (Lipinski definition) is 3. The molecule has 128 valence electrons. The summed E-state index contributed by atoms with van der Waals surface area (Å²) in [6, 6.07) is 8.00. The molecule has 1 heterocycles. The van der Waals surface area contributed by atoms with Crippen molar-refractivity contribution in [2.75, 3.05) is 26.2 Å². The van der Waals surface area contributed by atoms with E-state index in [1.54, 1.807) is 12.1 Å². The second-order valence-corrected chi connectivity index (χ2v) is 7.12. The molecule has 0 amide bonds. The van der Waals surface area contributed by atoms with E-state index in [0.29, 0.717) is 18.7 Å². The summed E-state index contributed by atoms with van der Waals surface area (Å²) >= 11 is 0. The highest BCUT2D eigenvalue weighted by molar-refractivity contribution is 5.16. The van der Waals surface area contributed by atoms with Gasteiger partial charge < -0.3 is 15.3 Å². The Labute approximate surface area is 138 Å². The second kappa shape index (κ2) is 8.22. The Kier molecular flexibility index (Phi) is 6.03. The van der Waals surface area contributed by atoms with Crippen molar-refractivity contribution in [3.05, 3.63) is 35.6 Å². The van der Waals surface area contributed by atoms with Crippen molar-refractivity contribution in [1.82, 2.24) is 10.2 Å². The first-order valence-corrected chi connectivity index (χ1v) is 9.08. The fourth-order valence-electron chi connectivity index (χ4n) is 3.66. The SMILES string of the molecule is OCCC(NC1CCN(CCc2ccc(F)cc2)CC1)C1CC1. The van der Waals surface area contributed by atoms with Gasteiger partial charge in [0.1, 0.15) is 5.82 Å². The normalized spacial score (nSPS) is 21.5. The minimum absolute atomic E-state index is 0.159. The Bertz CT molecular complexity index is 467. The summed E-state index contributed by atoms with van der Waals surface area (Å²) in [6.07, 6.45) is 6.93. The van der Waals surface area contributed by atoms with Crippen LogP contribution in [0.2, 0.25) is 0 Å². The molecule has 0 aromatic heterocycles. The van der Waals surface area contributed by atoms with E-state index in [9.17, 15) is 9.50 Å². The molecule has 1 atom stereocenters. The molecule has 1 saturated heterocycles. The molecule has 1 saturated carbocycles. The monoisotopic (exact) mass is 320 g/mol. The topological polar surface area (TPSA) is 35.5 Å². The number of aliphatic hydroxyl groups is 1. The van der Waals surface area contributed by atoms with E-state index in [1.165, 1.54) is 31.2 Å². The molecule has 2 N–H and O–H groups in total. The summed E-state index contributed by atoms with van der Waals surface area (Å²) < 4.78 is 12.9. The van der Waals surface area contributed by atoms with Crippen LogP contribution in [0.3, 0.4) is 0 Å². The summed E-state index contributed by atoms with van der Waals surface area (Å²) in [5.74, 6) is 0.646. The van der Waals surface area contributed by atoms with Gasteiger partial charge in [-0.1, -0.05) is 12.1 Å². The van der Waals surface area contributed by atoms with E-state index in [-0.39, 0.29) is 5.82 Å². The average molecular weight is 320 g/mol. The van der Waals surface area contributed by atoms with Crippen LogP contribution in [0.5, 0.6) is 0 Å². The van der Waals surface area contributed by atoms with Crippen LogP contribution >= 0.6 is 0 Å². The number of nitrogens with one attached hydrogen (secondary N) is 1. The number of aliphatic hydroxyl groups excluding tert-OH is 1. The number of halogens is 1. The van der Waals surface area contributed by atoms with Gasteiger partial charge in [0.2, 0.25) is 0 Å². The summed E-state index contributed by atoms with van der Waals surface area (Å²) in [6.45, 7) is 3.62. The zero-order valence-corrected chi connectivity index (χ0v) is 13.9. The van der Waals surface area contributed by atoms with Crippen LogP contribution < -0.4 is 5.32 Å². The zero-order chi connectivity index (χ0) is 16.1.